The summed E-state index contributed by atoms with van der Waals surface area (Å²) in [6.45, 7) is 0. The molecule has 0 aliphatic rings. The number of halogens is 4. The Morgan fingerprint density at radius 3 is 1.65 bits per heavy atom. The molecule has 0 heterocycles. The molecule has 0 unspecified atom stereocenters. The number of rotatable bonds is 2. The highest BCUT2D eigenvalue weighted by molar-refractivity contribution is 7.93. The van der Waals surface area contributed by atoms with E-state index in [2.05, 4.69) is 0 Å². The zero-order chi connectivity index (χ0) is 13.5. The van der Waals surface area contributed by atoms with Gasteiger partial charge in [-0.15, -0.1) is 3.89 Å². The predicted octanol–water partition coefficient (Wildman–Crippen LogP) is 1.64. The monoisotopic (exact) mass is 292 g/mol. The third-order valence-corrected chi connectivity index (χ3v) is 4.26. The standard InChI is InChI=1S/C7H4F4O4S2/c8-7(9,10)16(12,13)5-3-1-2-4-6(5)17(11,14)15/h1-4H. The van der Waals surface area contributed by atoms with Gasteiger partial charge in [0.25, 0.3) is 9.84 Å². The van der Waals surface area contributed by atoms with Gasteiger partial charge in [0.15, 0.2) is 0 Å². The normalized spacial score (nSPS) is 13.6. The molecule has 0 atom stereocenters. The van der Waals surface area contributed by atoms with Crippen molar-refractivity contribution < 1.29 is 33.9 Å². The van der Waals surface area contributed by atoms with Crippen LogP contribution in [-0.4, -0.2) is 22.3 Å². The largest absolute Gasteiger partial charge is 0.501 e. The van der Waals surface area contributed by atoms with Crippen LogP contribution in [0.15, 0.2) is 34.1 Å². The molecule has 0 aliphatic carbocycles. The van der Waals surface area contributed by atoms with Crippen LogP contribution in [0, 0.1) is 0 Å². The predicted molar refractivity (Wildman–Crippen MR) is 48.0 cm³/mol. The summed E-state index contributed by atoms with van der Waals surface area (Å²) >= 11 is 0. The summed E-state index contributed by atoms with van der Waals surface area (Å²) in [5.74, 6) is 0. The van der Waals surface area contributed by atoms with E-state index in [-0.39, 0.29) is 0 Å². The Morgan fingerprint density at radius 1 is 0.882 bits per heavy atom. The van der Waals surface area contributed by atoms with Gasteiger partial charge in [0.1, 0.15) is 4.90 Å². The maximum atomic E-state index is 12.6. The van der Waals surface area contributed by atoms with Gasteiger partial charge in [-0.1, -0.05) is 12.1 Å². The molecule has 17 heavy (non-hydrogen) atoms. The molecule has 96 valence electrons. The summed E-state index contributed by atoms with van der Waals surface area (Å²) in [5.41, 5.74) is -5.70. The Bertz CT molecular complexity index is 630. The molecule has 10 heteroatoms. The molecule has 1 aromatic rings. The lowest BCUT2D eigenvalue weighted by atomic mass is 10.4. The Balaban J connectivity index is 3.67. The molecule has 0 saturated carbocycles. The fraction of sp³-hybridized carbons (Fsp3) is 0.143. The first-order valence-electron chi connectivity index (χ1n) is 3.83. The first-order chi connectivity index (χ1) is 7.48. The van der Waals surface area contributed by atoms with Crippen molar-refractivity contribution in [3.05, 3.63) is 24.3 Å². The van der Waals surface area contributed by atoms with E-state index in [9.17, 15) is 33.9 Å². The van der Waals surface area contributed by atoms with Crippen molar-refractivity contribution in [3.8, 4) is 0 Å². The fourth-order valence-corrected chi connectivity index (χ4v) is 3.02. The highest BCUT2D eigenvalue weighted by Crippen LogP contribution is 2.34. The van der Waals surface area contributed by atoms with Gasteiger partial charge in [-0.3, -0.25) is 0 Å². The first kappa shape index (κ1) is 13.9. The smallest absolute Gasteiger partial charge is 0.214 e. The summed E-state index contributed by atoms with van der Waals surface area (Å²) in [7, 11) is -11.5. The van der Waals surface area contributed by atoms with Crippen LogP contribution < -0.4 is 0 Å². The zero-order valence-corrected chi connectivity index (χ0v) is 9.40. The molecule has 0 aromatic heterocycles. The van der Waals surface area contributed by atoms with Crippen molar-refractivity contribution in [3.63, 3.8) is 0 Å². The molecule has 0 radical (unpaired) electrons. The Kier molecular flexibility index (Phi) is 3.23. The van der Waals surface area contributed by atoms with Crippen LogP contribution in [0.2, 0.25) is 0 Å². The van der Waals surface area contributed by atoms with Crippen LogP contribution in [0.1, 0.15) is 0 Å². The van der Waals surface area contributed by atoms with Gasteiger partial charge in [-0.2, -0.15) is 21.6 Å². The van der Waals surface area contributed by atoms with E-state index >= 15 is 0 Å². The molecule has 0 N–H and O–H groups in total. The van der Waals surface area contributed by atoms with Crippen molar-refractivity contribution >= 4 is 20.1 Å². The van der Waals surface area contributed by atoms with E-state index < -0.39 is 35.4 Å². The molecule has 1 rings (SSSR count). The second-order valence-corrected chi connectivity index (χ2v) is 6.06. The molecule has 1 aromatic carbocycles. The topological polar surface area (TPSA) is 68.3 Å². The van der Waals surface area contributed by atoms with Gasteiger partial charge >= 0.3 is 15.7 Å². The number of benzene rings is 1. The van der Waals surface area contributed by atoms with E-state index in [1.54, 1.807) is 0 Å². The highest BCUT2D eigenvalue weighted by Gasteiger charge is 2.49. The van der Waals surface area contributed by atoms with Gasteiger partial charge in [0, 0.05) is 0 Å². The Labute approximate surface area is 94.0 Å². The van der Waals surface area contributed by atoms with Crippen molar-refractivity contribution in [1.82, 2.24) is 0 Å². The van der Waals surface area contributed by atoms with Crippen LogP contribution >= 0.6 is 0 Å². The Hall–Kier alpha value is -1.16. The molecule has 0 aliphatic heterocycles. The van der Waals surface area contributed by atoms with E-state index in [1.807, 2.05) is 0 Å². The van der Waals surface area contributed by atoms with Crippen molar-refractivity contribution in [1.29, 1.82) is 0 Å². The summed E-state index contributed by atoms with van der Waals surface area (Å²) < 4.78 is 92.2. The van der Waals surface area contributed by atoms with E-state index in [0.717, 1.165) is 12.1 Å². The SMILES string of the molecule is O=S(=O)(F)c1ccccc1S(=O)(=O)C(F)(F)F. The van der Waals surface area contributed by atoms with Crippen LogP contribution in [-0.2, 0) is 20.1 Å². The second kappa shape index (κ2) is 3.95. The quantitative estimate of drug-likeness (QED) is 0.614. The van der Waals surface area contributed by atoms with E-state index in [0.29, 0.717) is 12.1 Å². The average molecular weight is 292 g/mol. The molecule has 0 amide bonds. The lowest BCUT2D eigenvalue weighted by Gasteiger charge is -2.09. The number of alkyl halides is 3. The molecule has 0 spiro atoms. The summed E-state index contributed by atoms with van der Waals surface area (Å²) in [6.07, 6.45) is 0. The van der Waals surface area contributed by atoms with Gasteiger partial charge < -0.3 is 0 Å². The zero-order valence-electron chi connectivity index (χ0n) is 7.77. The summed E-state index contributed by atoms with van der Waals surface area (Å²) in [4.78, 5) is -3.16. The molecular weight excluding hydrogens is 288 g/mol. The molecule has 4 nitrogen and oxygen atoms in total. The maximum Gasteiger partial charge on any atom is 0.501 e. The van der Waals surface area contributed by atoms with E-state index in [4.69, 9.17) is 0 Å². The first-order valence-corrected chi connectivity index (χ1v) is 6.69. The minimum absolute atomic E-state index is 0.370. The maximum absolute atomic E-state index is 12.6. The van der Waals surface area contributed by atoms with Crippen LogP contribution in [0.5, 0.6) is 0 Å². The molecule has 0 bridgehead atoms. The molecule has 0 saturated heterocycles. The minimum atomic E-state index is -5.91. The third-order valence-electron chi connectivity index (χ3n) is 1.71. The number of sulfone groups is 1. The van der Waals surface area contributed by atoms with Gasteiger partial charge in [-0.05, 0) is 12.1 Å². The van der Waals surface area contributed by atoms with Gasteiger partial charge in [0.05, 0.1) is 4.90 Å². The number of hydrogen-bond acceptors (Lipinski definition) is 4. The van der Waals surface area contributed by atoms with Crippen LogP contribution in [0.3, 0.4) is 0 Å². The third kappa shape index (κ3) is 2.57. The summed E-state index contributed by atoms with van der Waals surface area (Å²) in [5, 5.41) is 0. The minimum Gasteiger partial charge on any atom is -0.214 e. The van der Waals surface area contributed by atoms with Crippen molar-refractivity contribution in [2.75, 3.05) is 0 Å². The van der Waals surface area contributed by atoms with Crippen LogP contribution in [0.4, 0.5) is 17.1 Å². The number of hydrogen-bond donors (Lipinski definition) is 0. The fourth-order valence-electron chi connectivity index (χ4n) is 0.998. The highest BCUT2D eigenvalue weighted by atomic mass is 32.3. The van der Waals surface area contributed by atoms with Crippen molar-refractivity contribution in [2.24, 2.45) is 0 Å². The van der Waals surface area contributed by atoms with E-state index in [1.165, 1.54) is 0 Å². The second-order valence-electron chi connectivity index (χ2n) is 2.83. The lowest BCUT2D eigenvalue weighted by Crippen LogP contribution is -2.24. The van der Waals surface area contributed by atoms with Crippen LogP contribution in [0.25, 0.3) is 0 Å². The summed E-state index contributed by atoms with van der Waals surface area (Å²) in [6, 6.07) is 2.57. The molecular formula is C7H4F4O4S2. The van der Waals surface area contributed by atoms with Gasteiger partial charge in [0.2, 0.25) is 0 Å². The Morgan fingerprint density at radius 2 is 1.29 bits per heavy atom. The van der Waals surface area contributed by atoms with Gasteiger partial charge in [-0.25, -0.2) is 8.42 Å². The molecule has 0 fully saturated rings. The van der Waals surface area contributed by atoms with Crippen molar-refractivity contribution in [2.45, 2.75) is 15.3 Å². The lowest BCUT2D eigenvalue weighted by molar-refractivity contribution is -0.0437. The average Bonchev–Trinajstić information content (AvgIpc) is 2.14.